The van der Waals surface area contributed by atoms with Gasteiger partial charge in [-0.05, 0) is 72.1 Å². The van der Waals surface area contributed by atoms with Gasteiger partial charge in [-0.3, -0.25) is 19.2 Å². The van der Waals surface area contributed by atoms with Gasteiger partial charge in [-0.1, -0.05) is 152 Å². The van der Waals surface area contributed by atoms with Gasteiger partial charge >= 0.3 is 0 Å². The fourth-order valence-corrected chi connectivity index (χ4v) is 10.4. The number of para-hydroxylation sites is 1. The van der Waals surface area contributed by atoms with Crippen LogP contribution in [0, 0.1) is 12.3 Å². The van der Waals surface area contributed by atoms with Crippen LogP contribution in [0.25, 0.3) is 21.7 Å². The van der Waals surface area contributed by atoms with Crippen LogP contribution in [0.3, 0.4) is 0 Å². The highest BCUT2D eigenvalue weighted by Gasteiger charge is 2.44. The fraction of sp³-hybridized carbons (Fsp3) is 0.508. The van der Waals surface area contributed by atoms with E-state index >= 15 is 0 Å². The van der Waals surface area contributed by atoms with Gasteiger partial charge in [-0.2, -0.15) is 0 Å². The zero-order valence-corrected chi connectivity index (χ0v) is 45.7. The molecule has 0 aliphatic carbocycles. The number of phenols is 1. The number of aliphatic hydroxyl groups excluding tert-OH is 1. The number of amides is 4. The molecule has 1 aliphatic heterocycles. The number of thiazole rings is 1. The van der Waals surface area contributed by atoms with E-state index in [4.69, 9.17) is 5.73 Å². The number of benzene rings is 3. The fourth-order valence-electron chi connectivity index (χ4n) is 9.58. The summed E-state index contributed by atoms with van der Waals surface area (Å²) < 4.78 is 0. The lowest BCUT2D eigenvalue weighted by atomic mass is 9.85. The first-order valence-electron chi connectivity index (χ1n) is 27.1. The largest absolute Gasteiger partial charge is 0.507 e. The van der Waals surface area contributed by atoms with Crippen LogP contribution in [-0.2, 0) is 38.7 Å². The number of nitrogen functional groups attached to an aromatic ring is 1. The number of aliphatic hydroxyl groups is 1. The second-order valence-corrected chi connectivity index (χ2v) is 22.2. The van der Waals surface area contributed by atoms with E-state index in [2.05, 4.69) is 55.4 Å². The summed E-state index contributed by atoms with van der Waals surface area (Å²) in [7, 11) is 1.96. The number of aryl methyl sites for hydroxylation is 1. The first-order valence-corrected chi connectivity index (χ1v) is 28.0. The number of likely N-dealkylation sites (tertiary alicyclic amines) is 1. The summed E-state index contributed by atoms with van der Waals surface area (Å²) in [5.74, 6) is -0.280. The van der Waals surface area contributed by atoms with E-state index in [1.54, 1.807) is 29.5 Å². The molecule has 3 atom stereocenters. The minimum atomic E-state index is -0.831. The van der Waals surface area contributed by atoms with E-state index in [0.717, 1.165) is 84.3 Å². The predicted molar refractivity (Wildman–Crippen MR) is 300 cm³/mol. The molecule has 0 spiro atoms. The van der Waals surface area contributed by atoms with Crippen LogP contribution >= 0.6 is 11.3 Å². The van der Waals surface area contributed by atoms with Gasteiger partial charge in [0.1, 0.15) is 17.8 Å². The van der Waals surface area contributed by atoms with Gasteiger partial charge in [0.25, 0.3) is 0 Å². The number of nitrogens with zero attached hydrogens (tertiary/aromatic N) is 5. The molecule has 0 radical (unpaired) electrons. The molecule has 4 amide bonds. The molecule has 6 rings (SSSR count). The highest BCUT2D eigenvalue weighted by atomic mass is 32.1. The molecule has 3 heterocycles. The highest BCUT2D eigenvalue weighted by Crippen LogP contribution is 2.32. The van der Waals surface area contributed by atoms with Gasteiger partial charge in [0.05, 0.1) is 33.6 Å². The van der Waals surface area contributed by atoms with E-state index in [9.17, 15) is 29.4 Å². The summed E-state index contributed by atoms with van der Waals surface area (Å²) >= 11 is 1.59. The number of aromatic nitrogens is 3. The average Bonchev–Trinajstić information content (AvgIpc) is 4.02. The lowest BCUT2D eigenvalue weighted by molar-refractivity contribution is -0.144. The monoisotopic (exact) mass is 1040 g/mol. The number of likely N-dealkylation sites (N-methyl/N-ethyl adjacent to an activating group) is 1. The molecule has 0 bridgehead atoms. The predicted octanol–water partition coefficient (Wildman–Crippen LogP) is 9.82. The molecule has 75 heavy (non-hydrogen) atoms. The lowest BCUT2D eigenvalue weighted by Gasteiger charge is -2.35. The third-order valence-corrected chi connectivity index (χ3v) is 15.1. The third-order valence-electron chi connectivity index (χ3n) is 14.2. The zero-order valence-electron chi connectivity index (χ0n) is 44.9. The van der Waals surface area contributed by atoms with Crippen molar-refractivity contribution >= 4 is 46.5 Å². The number of hydrogen-bond acceptors (Lipinski definition) is 12. The summed E-state index contributed by atoms with van der Waals surface area (Å²) in [4.78, 5) is 62.1. The molecule has 7 N–H and O–H groups in total. The number of hydrogen-bond donors (Lipinski definition) is 6. The van der Waals surface area contributed by atoms with E-state index in [1.807, 2.05) is 81.6 Å². The molecule has 2 aromatic heterocycles. The maximum Gasteiger partial charge on any atom is 0.246 e. The van der Waals surface area contributed by atoms with Crippen LogP contribution in [0.15, 0.2) is 84.4 Å². The number of nitrogens with one attached hydrogen (secondary N) is 3. The zero-order chi connectivity index (χ0) is 53.7. The van der Waals surface area contributed by atoms with Crippen LogP contribution in [0.4, 0.5) is 11.5 Å². The SMILES string of the molecule is Cc1ncsc1-c1ccc(CNC(=O)[C@@H]2C[C@@H](O)CN2C(=O)[C@@H](NC(=O)CCCCCCCCCCCCCCCC(=O)NCc2ccc(CCN(C)c3cc(-c4ccccc4O)nnc3N)cc2)C(C)(C)C)cc1. The molecule has 0 unspecified atom stereocenters. The lowest BCUT2D eigenvalue weighted by Crippen LogP contribution is -2.57. The molecule has 1 saturated heterocycles. The molecule has 16 heteroatoms. The van der Waals surface area contributed by atoms with Gasteiger partial charge in [0.2, 0.25) is 23.6 Å². The van der Waals surface area contributed by atoms with Crippen molar-refractivity contribution in [2.24, 2.45) is 5.41 Å². The molecule has 0 saturated carbocycles. The third kappa shape index (κ3) is 18.2. The Morgan fingerprint density at radius 2 is 1.33 bits per heavy atom. The summed E-state index contributed by atoms with van der Waals surface area (Å²) in [5.41, 5.74) is 14.5. The number of anilines is 2. The number of unbranched alkanes of at least 4 members (excludes halogenated alkanes) is 12. The summed E-state index contributed by atoms with van der Waals surface area (Å²) in [6.45, 7) is 9.25. The van der Waals surface area contributed by atoms with Crippen molar-refractivity contribution in [2.75, 3.05) is 30.8 Å². The Kier molecular flexibility index (Phi) is 22.4. The minimum absolute atomic E-state index is 0.0441. The average molecular weight is 1040 g/mol. The Hall–Kier alpha value is -6.39. The number of rotatable bonds is 29. The first-order chi connectivity index (χ1) is 36.1. The van der Waals surface area contributed by atoms with Crippen molar-refractivity contribution in [2.45, 2.75) is 168 Å². The van der Waals surface area contributed by atoms with Gasteiger partial charge < -0.3 is 41.7 Å². The second kappa shape index (κ2) is 29.1. The smallest absolute Gasteiger partial charge is 0.246 e. The van der Waals surface area contributed by atoms with Crippen LogP contribution in [0.5, 0.6) is 5.75 Å². The van der Waals surface area contributed by atoms with Gasteiger partial charge in [-0.15, -0.1) is 21.5 Å². The standard InChI is InChI=1S/C59H81N9O6S/c1-41-54(75-40-63-41)45-31-29-44(30-32-45)38-62-57(73)50-35-46(69)39-68(50)58(74)55(59(2,3)4)64-53(72)24-18-16-14-12-10-8-6-7-9-11-13-15-17-23-52(71)61-37-43-27-25-42(26-28-43)33-34-67(5)49-36-48(65-66-56(49)60)47-21-19-20-22-51(47)70/h19-22,25-32,36,40,46,50,55,69-70H,6-18,23-24,33-35,37-39H2,1-5H3,(H2,60,66)(H,61,71)(H,62,73)(H,64,72)/t46-,50+,55-/m1/s1. The number of carbonyl (C=O) groups excluding carboxylic acids is 4. The van der Waals surface area contributed by atoms with E-state index in [1.165, 1.54) is 49.0 Å². The van der Waals surface area contributed by atoms with Crippen LogP contribution in [-0.4, -0.2) is 92.2 Å². The summed E-state index contributed by atoms with van der Waals surface area (Å²) in [5, 5.41) is 38.2. The van der Waals surface area contributed by atoms with Crippen molar-refractivity contribution in [1.82, 2.24) is 36.0 Å². The van der Waals surface area contributed by atoms with Gasteiger partial charge in [0, 0.05) is 58.1 Å². The molecule has 404 valence electrons. The minimum Gasteiger partial charge on any atom is -0.507 e. The Bertz CT molecular complexity index is 2600. The van der Waals surface area contributed by atoms with Crippen LogP contribution < -0.4 is 26.6 Å². The highest BCUT2D eigenvalue weighted by molar-refractivity contribution is 7.13. The van der Waals surface area contributed by atoms with Crippen molar-refractivity contribution < 1.29 is 29.4 Å². The Balaban J connectivity index is 0.754. The molecule has 15 nitrogen and oxygen atoms in total. The first kappa shape index (κ1) is 57.9. The number of nitrogens with two attached hydrogens (primary N) is 1. The maximum atomic E-state index is 14.0. The van der Waals surface area contributed by atoms with Crippen LogP contribution in [0.2, 0.25) is 0 Å². The Morgan fingerprint density at radius 1 is 0.773 bits per heavy atom. The number of β-amino-alcohol motifs (C(OH)–C–C–N with tert-alkyl or cyclic N) is 1. The number of carbonyl (C=O) groups is 4. The Morgan fingerprint density at radius 3 is 1.92 bits per heavy atom. The molecular formula is C59H81N9O6S. The van der Waals surface area contributed by atoms with Crippen LogP contribution in [0.1, 0.15) is 146 Å². The van der Waals surface area contributed by atoms with Crippen molar-refractivity contribution in [3.8, 4) is 27.4 Å². The maximum absolute atomic E-state index is 14.0. The molecule has 1 fully saturated rings. The van der Waals surface area contributed by atoms with Crippen molar-refractivity contribution in [1.29, 1.82) is 0 Å². The van der Waals surface area contributed by atoms with E-state index in [0.29, 0.717) is 49.6 Å². The van der Waals surface area contributed by atoms with E-state index in [-0.39, 0.29) is 42.3 Å². The van der Waals surface area contributed by atoms with Gasteiger partial charge in [0.15, 0.2) is 5.82 Å². The Labute approximate surface area is 448 Å². The summed E-state index contributed by atoms with van der Waals surface area (Å²) in [6.07, 6.45) is 15.3. The molecule has 5 aromatic rings. The molecule has 1 aliphatic rings. The van der Waals surface area contributed by atoms with E-state index < -0.39 is 23.6 Å². The molecular weight excluding hydrogens is 963 g/mol. The quantitative estimate of drug-likeness (QED) is 0.0248. The summed E-state index contributed by atoms with van der Waals surface area (Å²) in [6, 6.07) is 23.5. The van der Waals surface area contributed by atoms with Crippen molar-refractivity contribution in [3.63, 3.8) is 0 Å². The van der Waals surface area contributed by atoms with Gasteiger partial charge in [-0.25, -0.2) is 4.98 Å². The van der Waals surface area contributed by atoms with Crippen molar-refractivity contribution in [3.05, 3.63) is 107 Å². The number of aromatic hydroxyl groups is 1. The number of phenolic OH excluding ortho intramolecular Hbond substituents is 1. The normalized spacial score (nSPS) is 14.9. The molecule has 3 aromatic carbocycles. The topological polar surface area (TPSA) is 216 Å². The second-order valence-electron chi connectivity index (χ2n) is 21.3.